The fourth-order valence-corrected chi connectivity index (χ4v) is 10.8. The molecule has 0 atom stereocenters. The molecule has 27 heteroatoms. The second-order valence-corrected chi connectivity index (χ2v) is 23.4. The zero-order chi connectivity index (χ0) is 75.8. The van der Waals surface area contributed by atoms with Crippen LogP contribution in [0.2, 0.25) is 0 Å². The van der Waals surface area contributed by atoms with Crippen LogP contribution in [0.25, 0.3) is 65.1 Å². The molecule has 0 saturated heterocycles. The van der Waals surface area contributed by atoms with Crippen molar-refractivity contribution in [2.75, 3.05) is 0 Å². The van der Waals surface area contributed by atoms with Gasteiger partial charge in [-0.3, -0.25) is 0 Å². The van der Waals surface area contributed by atoms with Crippen LogP contribution in [0, 0.1) is 35.8 Å². The minimum absolute atomic E-state index is 0. The summed E-state index contributed by atoms with van der Waals surface area (Å²) >= 11 is 0. The van der Waals surface area contributed by atoms with E-state index in [1.165, 1.54) is 60.7 Å². The number of aromatic nitrogens is 2. The zero-order valence-corrected chi connectivity index (χ0v) is 59.8. The summed E-state index contributed by atoms with van der Waals surface area (Å²) in [6.07, 6.45) is 4.62. The van der Waals surface area contributed by atoms with Crippen molar-refractivity contribution in [2.24, 2.45) is 9.98 Å². The summed E-state index contributed by atoms with van der Waals surface area (Å²) in [4.78, 5) is 101. The number of carbonyl (C=O) groups excluding carboxylic acids is 2. The van der Waals surface area contributed by atoms with E-state index in [-0.39, 0.29) is 145 Å². The fourth-order valence-electron chi connectivity index (χ4n) is 10.8. The van der Waals surface area contributed by atoms with E-state index >= 15 is 0 Å². The molecule has 0 radical (unpaired) electrons. The molecule has 0 fully saturated rings. The molecule has 14 aromatic rings. The third-order valence-corrected chi connectivity index (χ3v) is 16.1. The third kappa shape index (κ3) is 16.7. The number of carbonyl (C=O) groups is 2. The number of hydrogen-bond donors (Lipinski definition) is 0. The summed E-state index contributed by atoms with van der Waals surface area (Å²) in [6.45, 7) is 14.5. The minimum atomic E-state index is -0.866. The van der Waals surface area contributed by atoms with Crippen molar-refractivity contribution in [2.45, 2.75) is 0 Å². The van der Waals surface area contributed by atoms with E-state index in [0.29, 0.717) is 55.5 Å². The number of allylic oxidation sites excluding steroid dienone is 2. The summed E-state index contributed by atoms with van der Waals surface area (Å²) in [5.74, 6) is 0.529. The van der Waals surface area contributed by atoms with Gasteiger partial charge in [-0.05, 0) is 164 Å². The standard InChI is InChI=1S/2C42H22N4O9.Zn/c1-44-27-8-14-28(15-9-27)50-37-17-16-33(45-37)40(51-30-12-4-25-6-18-38(47)54-35(25)20-30)34-22-32(41(46-34)52-29-10-2-24(23-43)3-11-29)42(49)53-31-13-5-26-7-19-39(48)55-36(26)21-31;1-44-27-8-14-29(15-9-27)52-41-32(42(49)53-31-13-5-26-7-19-39(48)55-36(26)21-31)22-34(46-41)40(51-30-12-4-25-6-18-38(47)54-35(25)20-30)33-16-17-37(45-33)50-28-10-2-24(23-43)3-11-28;/h2*2-22H,(H,45,46,49);/q;;+2/p-2. The number of esters is 2. The van der Waals surface area contributed by atoms with E-state index in [9.17, 15) is 34.0 Å². The zero-order valence-electron chi connectivity index (χ0n) is 56.9. The van der Waals surface area contributed by atoms with Gasteiger partial charge in [0, 0.05) is 87.9 Å². The van der Waals surface area contributed by atoms with Crippen LogP contribution in [0.5, 0.6) is 57.8 Å². The normalized spacial score (nSPS) is 12.8. The fraction of sp³-hybridized carbons (Fsp3) is 0. The number of rotatable bonds is 16. The molecule has 6 aromatic heterocycles. The number of fused-ring (bicyclic) bond motifs is 4. The van der Waals surface area contributed by atoms with Gasteiger partial charge in [-0.15, -0.1) is 0 Å². The first-order chi connectivity index (χ1) is 53.6. The van der Waals surface area contributed by atoms with Gasteiger partial charge >= 0.3 is 53.9 Å². The topological polar surface area (TPSA) is 338 Å². The molecule has 0 bridgehead atoms. The maximum absolute atomic E-state index is 13.9. The van der Waals surface area contributed by atoms with Gasteiger partial charge in [0.15, 0.2) is 11.4 Å². The van der Waals surface area contributed by atoms with Crippen LogP contribution < -0.4 is 70.4 Å². The Morgan fingerprint density at radius 2 is 0.802 bits per heavy atom. The Morgan fingerprint density at radius 1 is 0.396 bits per heavy atom. The van der Waals surface area contributed by atoms with Crippen molar-refractivity contribution >= 4 is 90.5 Å². The first kappa shape index (κ1) is 71.8. The van der Waals surface area contributed by atoms with Gasteiger partial charge < -0.3 is 65.5 Å². The van der Waals surface area contributed by atoms with E-state index in [1.54, 1.807) is 194 Å². The van der Waals surface area contributed by atoms with Gasteiger partial charge in [0.1, 0.15) is 96.8 Å². The van der Waals surface area contributed by atoms with Crippen LogP contribution >= 0.6 is 0 Å². The summed E-state index contributed by atoms with van der Waals surface area (Å²) in [5, 5.41) is 21.0. The van der Waals surface area contributed by atoms with Crippen LogP contribution in [0.3, 0.4) is 0 Å². The number of nitriles is 2. The van der Waals surface area contributed by atoms with Crippen LogP contribution in [-0.2, 0) is 24.3 Å². The average molecular weight is 1520 g/mol. The van der Waals surface area contributed by atoms with Crippen molar-refractivity contribution in [1.82, 2.24) is 9.97 Å². The van der Waals surface area contributed by atoms with Gasteiger partial charge in [-0.2, -0.15) is 10.5 Å². The molecular weight excluding hydrogens is 1470 g/mol. The summed E-state index contributed by atoms with van der Waals surface area (Å²) in [6, 6.07) is 64.7. The Hall–Kier alpha value is -16.2. The van der Waals surface area contributed by atoms with Crippen molar-refractivity contribution in [1.29, 1.82) is 10.5 Å². The number of ether oxygens (including phenoxy) is 8. The molecule has 8 aromatic carbocycles. The number of aliphatic imine (C=N–C) groups is 2. The molecule has 0 spiro atoms. The number of hydrogen-bond acceptors (Lipinski definition) is 22. The minimum Gasteiger partial charge on any atom is -0.624 e. The van der Waals surface area contributed by atoms with E-state index in [1.807, 2.05) is 6.07 Å². The molecule has 8 heterocycles. The Bertz CT molecular complexity index is 6730. The predicted octanol–water partition coefficient (Wildman–Crippen LogP) is 15.9. The third-order valence-electron chi connectivity index (χ3n) is 16.1. The van der Waals surface area contributed by atoms with Crippen LogP contribution in [0.4, 0.5) is 11.4 Å². The predicted molar refractivity (Wildman–Crippen MR) is 396 cm³/mol. The maximum atomic E-state index is 13.9. The first-order valence-corrected chi connectivity index (χ1v) is 32.6. The molecule has 528 valence electrons. The van der Waals surface area contributed by atoms with Crippen LogP contribution in [0.1, 0.15) is 32.9 Å². The average Bonchev–Trinajstić information content (AvgIpc) is 1.65. The van der Waals surface area contributed by atoms with E-state index < -0.39 is 34.4 Å². The van der Waals surface area contributed by atoms with Gasteiger partial charge in [0.05, 0.1) is 42.0 Å². The number of benzene rings is 8. The van der Waals surface area contributed by atoms with Gasteiger partial charge in [-0.25, -0.2) is 48.4 Å². The Balaban J connectivity index is 0.000000183. The van der Waals surface area contributed by atoms with Crippen molar-refractivity contribution < 1.29 is 84.6 Å². The van der Waals surface area contributed by atoms with Crippen molar-refractivity contribution in [3.63, 3.8) is 0 Å². The number of nitrogens with zero attached hydrogens (tertiary/aromatic N) is 8. The summed E-state index contributed by atoms with van der Waals surface area (Å²) in [5.41, 5.74) is 0.887. The Morgan fingerprint density at radius 3 is 1.27 bits per heavy atom. The Labute approximate surface area is 636 Å². The van der Waals surface area contributed by atoms with Crippen LogP contribution in [0.15, 0.2) is 319 Å². The molecule has 26 nitrogen and oxygen atoms in total. The van der Waals surface area contributed by atoms with Crippen molar-refractivity contribution in [3.8, 4) is 69.9 Å². The molecule has 2 aliphatic heterocycles. The van der Waals surface area contributed by atoms with Crippen molar-refractivity contribution in [3.05, 3.63) is 364 Å². The van der Waals surface area contributed by atoms with E-state index in [4.69, 9.17) is 74.0 Å². The molecule has 0 amide bonds. The van der Waals surface area contributed by atoms with Gasteiger partial charge in [-0.1, -0.05) is 47.8 Å². The first-order valence-electron chi connectivity index (χ1n) is 32.6. The SMILES string of the molecule is [C-]#[N+]c1ccc(Oc2[n-]c(/C(Oc3ccc4ccc(=O)oc4c3)=C3/C=CC(Oc4ccc(C#N)cc4)=N3)cc2C(=O)Oc2ccc3ccc(=O)oc3c2)cc1.[C-]#[N+]c1ccc(Oc2ccc(/C(Oc3ccc4ccc(=O)oc4c3)=C3/C=C(C(=O)Oc4ccc5ccc(=O)oc5c4)C(Oc4ccc(C#N)cc4)=N3)[n-]2)cc1.[Zn+2]. The van der Waals surface area contributed by atoms with E-state index in [2.05, 4.69) is 35.7 Å². The summed E-state index contributed by atoms with van der Waals surface area (Å²) < 4.78 is 69.5. The Kier molecular flexibility index (Phi) is 20.4. The molecule has 0 unspecified atom stereocenters. The van der Waals surface area contributed by atoms with Crippen LogP contribution in [-0.4, -0.2) is 23.7 Å². The monoisotopic (exact) mass is 1510 g/mol. The second kappa shape index (κ2) is 31.6. The smallest absolute Gasteiger partial charge is 0.624 e. The molecule has 16 rings (SSSR count). The molecule has 2 aliphatic rings. The summed E-state index contributed by atoms with van der Waals surface area (Å²) in [7, 11) is 0. The largest absolute Gasteiger partial charge is 2.00 e. The maximum Gasteiger partial charge on any atom is 2.00 e. The second-order valence-electron chi connectivity index (χ2n) is 23.4. The van der Waals surface area contributed by atoms with Gasteiger partial charge in [0.25, 0.3) is 0 Å². The van der Waals surface area contributed by atoms with Gasteiger partial charge in [0.2, 0.25) is 11.8 Å². The molecule has 0 saturated carbocycles. The molecular formula is C84H42N8O18Zn. The molecule has 111 heavy (non-hydrogen) atoms. The quantitative estimate of drug-likeness (QED) is 0.0216. The molecule has 0 aliphatic carbocycles. The molecule has 0 N–H and O–H groups in total. The van der Waals surface area contributed by atoms with E-state index in [0.717, 1.165) is 0 Å².